The van der Waals surface area contributed by atoms with Gasteiger partial charge in [0, 0.05) is 11.6 Å². The summed E-state index contributed by atoms with van der Waals surface area (Å²) >= 11 is 0. The van der Waals surface area contributed by atoms with Crippen molar-refractivity contribution in [3.8, 4) is 0 Å². The molecule has 0 bridgehead atoms. The van der Waals surface area contributed by atoms with E-state index in [1.807, 2.05) is 19.1 Å². The molecular formula is C17H24N2O2. The molecule has 114 valence electrons. The maximum Gasteiger partial charge on any atom is 0.251 e. The van der Waals surface area contributed by atoms with Crippen molar-refractivity contribution in [1.82, 2.24) is 10.6 Å². The zero-order valence-electron chi connectivity index (χ0n) is 12.8. The molecule has 1 aromatic rings. The van der Waals surface area contributed by atoms with Crippen LogP contribution in [0.5, 0.6) is 0 Å². The van der Waals surface area contributed by atoms with Gasteiger partial charge in [0.05, 0.1) is 0 Å². The number of rotatable bonds is 4. The number of benzene rings is 1. The molecule has 0 spiro atoms. The number of amides is 2. The van der Waals surface area contributed by atoms with Gasteiger partial charge in [0.2, 0.25) is 5.91 Å². The van der Waals surface area contributed by atoms with Gasteiger partial charge in [-0.05, 0) is 38.8 Å². The highest BCUT2D eigenvalue weighted by atomic mass is 16.2. The van der Waals surface area contributed by atoms with Crippen LogP contribution in [0.1, 0.15) is 54.9 Å². The van der Waals surface area contributed by atoms with Crippen LogP contribution < -0.4 is 10.6 Å². The van der Waals surface area contributed by atoms with Gasteiger partial charge in [-0.1, -0.05) is 37.0 Å². The summed E-state index contributed by atoms with van der Waals surface area (Å²) < 4.78 is 0. The minimum atomic E-state index is -0.513. The van der Waals surface area contributed by atoms with Crippen molar-refractivity contribution in [2.75, 3.05) is 0 Å². The number of aryl methyl sites for hydroxylation is 1. The molecule has 2 amide bonds. The van der Waals surface area contributed by atoms with Crippen molar-refractivity contribution in [2.24, 2.45) is 0 Å². The first-order valence-electron chi connectivity index (χ1n) is 7.74. The quantitative estimate of drug-likeness (QED) is 0.894. The molecule has 0 radical (unpaired) electrons. The molecule has 1 atom stereocenters. The molecule has 4 heteroatoms. The van der Waals surface area contributed by atoms with E-state index in [4.69, 9.17) is 0 Å². The van der Waals surface area contributed by atoms with Crippen LogP contribution in [0.2, 0.25) is 0 Å². The van der Waals surface area contributed by atoms with Crippen LogP contribution in [0.25, 0.3) is 0 Å². The predicted octanol–water partition coefficient (Wildman–Crippen LogP) is 2.56. The molecule has 2 rings (SSSR count). The minimum Gasteiger partial charge on any atom is -0.352 e. The monoisotopic (exact) mass is 288 g/mol. The second-order valence-corrected chi connectivity index (χ2v) is 5.90. The smallest absolute Gasteiger partial charge is 0.251 e. The van der Waals surface area contributed by atoms with Crippen LogP contribution in [0.3, 0.4) is 0 Å². The lowest BCUT2D eigenvalue weighted by Gasteiger charge is -2.24. The third-order valence-corrected chi connectivity index (χ3v) is 4.01. The summed E-state index contributed by atoms with van der Waals surface area (Å²) in [4.78, 5) is 24.2. The topological polar surface area (TPSA) is 58.2 Å². The summed E-state index contributed by atoms with van der Waals surface area (Å²) in [5.41, 5.74) is 1.69. The summed E-state index contributed by atoms with van der Waals surface area (Å²) in [5, 5.41) is 5.78. The van der Waals surface area contributed by atoms with Gasteiger partial charge in [0.1, 0.15) is 6.04 Å². The molecule has 0 aliphatic heterocycles. The van der Waals surface area contributed by atoms with Crippen LogP contribution >= 0.6 is 0 Å². The van der Waals surface area contributed by atoms with Gasteiger partial charge in [0.25, 0.3) is 5.91 Å². The molecule has 1 saturated carbocycles. The van der Waals surface area contributed by atoms with E-state index in [1.54, 1.807) is 19.1 Å². The SMILES string of the molecule is Cc1ccc(C(=O)N[C@H](C)C(=O)NC2CCCCC2)cc1. The van der Waals surface area contributed by atoms with Crippen molar-refractivity contribution >= 4 is 11.8 Å². The summed E-state index contributed by atoms with van der Waals surface area (Å²) in [6.07, 6.45) is 5.70. The van der Waals surface area contributed by atoms with E-state index in [0.29, 0.717) is 5.56 Å². The number of nitrogens with one attached hydrogen (secondary N) is 2. The van der Waals surface area contributed by atoms with Gasteiger partial charge < -0.3 is 10.6 Å². The second-order valence-electron chi connectivity index (χ2n) is 5.90. The van der Waals surface area contributed by atoms with Gasteiger partial charge in [0.15, 0.2) is 0 Å². The van der Waals surface area contributed by atoms with E-state index in [2.05, 4.69) is 10.6 Å². The standard InChI is InChI=1S/C17H24N2O2/c1-12-8-10-14(11-9-12)17(21)18-13(2)16(20)19-15-6-4-3-5-7-15/h8-11,13,15H,3-7H2,1-2H3,(H,18,21)(H,19,20)/t13-/m1/s1. The number of hydrogen-bond acceptors (Lipinski definition) is 2. The zero-order chi connectivity index (χ0) is 15.2. The maximum absolute atomic E-state index is 12.1. The number of carbonyl (C=O) groups is 2. The van der Waals surface area contributed by atoms with Gasteiger partial charge in [-0.15, -0.1) is 0 Å². The van der Waals surface area contributed by atoms with Crippen molar-refractivity contribution in [1.29, 1.82) is 0 Å². The van der Waals surface area contributed by atoms with E-state index < -0.39 is 6.04 Å². The van der Waals surface area contributed by atoms with E-state index in [0.717, 1.165) is 18.4 Å². The average molecular weight is 288 g/mol. The largest absolute Gasteiger partial charge is 0.352 e. The van der Waals surface area contributed by atoms with Crippen molar-refractivity contribution in [2.45, 2.75) is 58.0 Å². The lowest BCUT2D eigenvalue weighted by atomic mass is 9.95. The van der Waals surface area contributed by atoms with Crippen molar-refractivity contribution in [3.63, 3.8) is 0 Å². The first-order chi connectivity index (χ1) is 10.1. The number of carbonyl (C=O) groups excluding carboxylic acids is 2. The Balaban J connectivity index is 1.84. The van der Waals surface area contributed by atoms with Crippen LogP contribution in [0.4, 0.5) is 0 Å². The first kappa shape index (κ1) is 15.5. The fourth-order valence-corrected chi connectivity index (χ4v) is 2.62. The lowest BCUT2D eigenvalue weighted by molar-refractivity contribution is -0.123. The molecule has 4 nitrogen and oxygen atoms in total. The molecule has 0 heterocycles. The van der Waals surface area contributed by atoms with E-state index >= 15 is 0 Å². The maximum atomic E-state index is 12.1. The van der Waals surface area contributed by atoms with Gasteiger partial charge in [-0.25, -0.2) is 0 Å². The lowest BCUT2D eigenvalue weighted by Crippen LogP contribution is -2.48. The summed E-state index contributed by atoms with van der Waals surface area (Å²) in [6.45, 7) is 3.70. The highest BCUT2D eigenvalue weighted by molar-refractivity contribution is 5.97. The van der Waals surface area contributed by atoms with Crippen LogP contribution in [-0.4, -0.2) is 23.9 Å². The summed E-state index contributed by atoms with van der Waals surface area (Å²) in [6, 6.07) is 7.08. The summed E-state index contributed by atoms with van der Waals surface area (Å²) in [7, 11) is 0. The van der Waals surface area contributed by atoms with Crippen molar-refractivity contribution < 1.29 is 9.59 Å². The molecule has 1 fully saturated rings. The molecule has 0 saturated heterocycles. The van der Waals surface area contributed by atoms with Crippen LogP contribution in [0, 0.1) is 6.92 Å². The fourth-order valence-electron chi connectivity index (χ4n) is 2.62. The number of hydrogen-bond donors (Lipinski definition) is 2. The Morgan fingerprint density at radius 3 is 2.33 bits per heavy atom. The second kappa shape index (κ2) is 7.25. The highest BCUT2D eigenvalue weighted by Crippen LogP contribution is 2.17. The average Bonchev–Trinajstić information content (AvgIpc) is 2.48. The molecule has 1 aliphatic carbocycles. The van der Waals surface area contributed by atoms with E-state index in [9.17, 15) is 9.59 Å². The summed E-state index contributed by atoms with van der Waals surface area (Å²) in [5.74, 6) is -0.302. The Morgan fingerprint density at radius 2 is 1.71 bits per heavy atom. The third-order valence-electron chi connectivity index (χ3n) is 4.01. The van der Waals surface area contributed by atoms with E-state index in [1.165, 1.54) is 19.3 Å². The van der Waals surface area contributed by atoms with Crippen molar-refractivity contribution in [3.05, 3.63) is 35.4 Å². The van der Waals surface area contributed by atoms with Crippen LogP contribution in [0.15, 0.2) is 24.3 Å². The molecule has 0 unspecified atom stereocenters. The zero-order valence-corrected chi connectivity index (χ0v) is 12.8. The van der Waals surface area contributed by atoms with Crippen LogP contribution in [-0.2, 0) is 4.79 Å². The van der Waals surface area contributed by atoms with Gasteiger partial charge >= 0.3 is 0 Å². The molecular weight excluding hydrogens is 264 g/mol. The first-order valence-corrected chi connectivity index (χ1v) is 7.74. The Bertz CT molecular complexity index is 490. The Hall–Kier alpha value is -1.84. The normalized spacial score (nSPS) is 17.0. The van der Waals surface area contributed by atoms with Gasteiger partial charge in [-0.2, -0.15) is 0 Å². The Labute approximate surface area is 126 Å². The highest BCUT2D eigenvalue weighted by Gasteiger charge is 2.21. The van der Waals surface area contributed by atoms with E-state index in [-0.39, 0.29) is 17.9 Å². The fraction of sp³-hybridized carbons (Fsp3) is 0.529. The molecule has 1 aliphatic rings. The molecule has 0 aromatic heterocycles. The molecule has 2 N–H and O–H groups in total. The third kappa shape index (κ3) is 4.59. The molecule has 21 heavy (non-hydrogen) atoms. The minimum absolute atomic E-state index is 0.0950. The van der Waals surface area contributed by atoms with Gasteiger partial charge in [-0.3, -0.25) is 9.59 Å². The Kier molecular flexibility index (Phi) is 5.37. The predicted molar refractivity (Wildman–Crippen MR) is 83.1 cm³/mol. The molecule has 1 aromatic carbocycles. The Morgan fingerprint density at radius 1 is 1.10 bits per heavy atom.